The predicted molar refractivity (Wildman–Crippen MR) is 144 cm³/mol. The van der Waals surface area contributed by atoms with E-state index in [1.807, 2.05) is 4.90 Å². The Morgan fingerprint density at radius 3 is 2.29 bits per heavy atom. The topological polar surface area (TPSA) is 75.0 Å². The van der Waals surface area contributed by atoms with E-state index in [9.17, 15) is 31.1 Å². The SMILES string of the molecule is C=N/C(=C\C=C(/C)C(F)(F)F)N1CCN(CCCC(=O)N2CCC(Nc3ccc(C#N)c(C(F)(F)F)c3)CC2)CC1. The zero-order chi connectivity index (χ0) is 30.2. The van der Waals surface area contributed by atoms with Crippen molar-refractivity contribution in [2.45, 2.75) is 51.0 Å². The third kappa shape index (κ3) is 9.24. The Hall–Kier alpha value is -3.53. The third-order valence-electron chi connectivity index (χ3n) is 7.32. The van der Waals surface area contributed by atoms with Gasteiger partial charge in [0.15, 0.2) is 0 Å². The normalized spacial score (nSPS) is 18.3. The van der Waals surface area contributed by atoms with Gasteiger partial charge in [-0.1, -0.05) is 6.08 Å². The highest BCUT2D eigenvalue weighted by molar-refractivity contribution is 5.76. The first kappa shape index (κ1) is 32.0. The minimum atomic E-state index is -4.62. The van der Waals surface area contributed by atoms with Crippen LogP contribution in [0.2, 0.25) is 0 Å². The van der Waals surface area contributed by atoms with Crippen LogP contribution in [0.3, 0.4) is 0 Å². The molecule has 224 valence electrons. The van der Waals surface area contributed by atoms with E-state index >= 15 is 0 Å². The summed E-state index contributed by atoms with van der Waals surface area (Å²) >= 11 is 0. The van der Waals surface area contributed by atoms with Crippen LogP contribution in [0.4, 0.5) is 32.0 Å². The molecular weight excluding hydrogens is 550 g/mol. The second-order valence-corrected chi connectivity index (χ2v) is 10.1. The van der Waals surface area contributed by atoms with Crippen molar-refractivity contribution in [1.29, 1.82) is 5.26 Å². The number of carbonyl (C=O) groups excluding carboxylic acids is 1. The van der Waals surface area contributed by atoms with Crippen molar-refractivity contribution in [2.24, 2.45) is 4.99 Å². The molecule has 13 heteroatoms. The number of alkyl halides is 6. The summed E-state index contributed by atoms with van der Waals surface area (Å²) in [6, 6.07) is 5.06. The van der Waals surface area contributed by atoms with E-state index in [1.54, 1.807) is 11.0 Å². The van der Waals surface area contributed by atoms with Crippen LogP contribution in [0, 0.1) is 11.3 Å². The third-order valence-corrected chi connectivity index (χ3v) is 7.32. The molecule has 2 saturated heterocycles. The van der Waals surface area contributed by atoms with Gasteiger partial charge in [0, 0.05) is 63.0 Å². The second kappa shape index (κ2) is 13.9. The molecule has 1 aromatic rings. The van der Waals surface area contributed by atoms with Crippen LogP contribution < -0.4 is 5.32 Å². The number of amides is 1. The van der Waals surface area contributed by atoms with Gasteiger partial charge in [0.25, 0.3) is 0 Å². The molecule has 0 spiro atoms. The maximum Gasteiger partial charge on any atom is 0.417 e. The number of piperidine rings is 1. The molecule has 0 aromatic heterocycles. The molecule has 0 unspecified atom stereocenters. The van der Waals surface area contributed by atoms with Crippen LogP contribution >= 0.6 is 0 Å². The molecule has 7 nitrogen and oxygen atoms in total. The fourth-order valence-corrected chi connectivity index (χ4v) is 4.84. The second-order valence-electron chi connectivity index (χ2n) is 10.1. The number of anilines is 1. The number of nitrogens with zero attached hydrogens (tertiary/aromatic N) is 5. The lowest BCUT2D eigenvalue weighted by molar-refractivity contribution is -0.137. The number of hydrogen-bond acceptors (Lipinski definition) is 6. The standard InChI is InChI=1S/C28H34F6N6O/c1-20(27(29,30)31)5-8-25(36-2)39-16-14-38(15-17-39)11-3-4-26(41)40-12-9-22(10-13-40)37-23-7-6-21(19-35)24(18-23)28(32,33)34/h5-8,18,22,37H,2-4,9-17H2,1H3/b20-5+,25-8+. The number of likely N-dealkylation sites (tertiary alicyclic amines) is 1. The first-order valence-corrected chi connectivity index (χ1v) is 13.4. The molecule has 2 fully saturated rings. The van der Waals surface area contributed by atoms with E-state index in [2.05, 4.69) is 21.9 Å². The summed E-state index contributed by atoms with van der Waals surface area (Å²) in [6.45, 7) is 8.74. The number of aliphatic imine (C=N–C) groups is 1. The molecule has 0 saturated carbocycles. The summed E-state index contributed by atoms with van der Waals surface area (Å²) in [7, 11) is 0. The minimum absolute atomic E-state index is 0.0349. The minimum Gasteiger partial charge on any atom is -0.382 e. The van der Waals surface area contributed by atoms with Gasteiger partial charge in [-0.3, -0.25) is 9.69 Å². The Bertz CT molecular complexity index is 1170. The molecule has 2 aliphatic rings. The Balaban J connectivity index is 1.38. The number of rotatable bonds is 9. The first-order chi connectivity index (χ1) is 19.3. The van der Waals surface area contributed by atoms with Crippen LogP contribution in [0.15, 0.2) is 46.7 Å². The van der Waals surface area contributed by atoms with Crippen LogP contribution in [-0.2, 0) is 11.0 Å². The summed E-state index contributed by atoms with van der Waals surface area (Å²) in [5, 5.41) is 12.1. The lowest BCUT2D eigenvalue weighted by Gasteiger charge is -2.36. The summed E-state index contributed by atoms with van der Waals surface area (Å²) < 4.78 is 77.9. The highest BCUT2D eigenvalue weighted by Gasteiger charge is 2.34. The van der Waals surface area contributed by atoms with E-state index in [4.69, 9.17) is 5.26 Å². The average Bonchev–Trinajstić information content (AvgIpc) is 2.93. The van der Waals surface area contributed by atoms with E-state index in [1.165, 1.54) is 12.1 Å². The summed E-state index contributed by atoms with van der Waals surface area (Å²) in [5.74, 6) is 0.425. The first-order valence-electron chi connectivity index (χ1n) is 13.4. The fraction of sp³-hybridized carbons (Fsp3) is 0.536. The molecule has 3 rings (SSSR count). The van der Waals surface area contributed by atoms with Gasteiger partial charge in [0.1, 0.15) is 5.82 Å². The number of piperazine rings is 1. The molecule has 0 atom stereocenters. The number of hydrogen-bond donors (Lipinski definition) is 1. The lowest BCUT2D eigenvalue weighted by Crippen LogP contribution is -2.46. The Morgan fingerprint density at radius 2 is 1.73 bits per heavy atom. The number of benzene rings is 1. The fourth-order valence-electron chi connectivity index (χ4n) is 4.84. The van der Waals surface area contributed by atoms with Gasteiger partial charge in [-0.2, -0.15) is 31.6 Å². The molecule has 41 heavy (non-hydrogen) atoms. The van der Waals surface area contributed by atoms with Gasteiger partial charge in [-0.25, -0.2) is 4.99 Å². The number of nitriles is 1. The summed E-state index contributed by atoms with van der Waals surface area (Å²) in [6.07, 6.45) is -4.44. The van der Waals surface area contributed by atoms with Gasteiger partial charge in [0.2, 0.25) is 5.91 Å². The van der Waals surface area contributed by atoms with E-state index < -0.39 is 29.1 Å². The van der Waals surface area contributed by atoms with Crippen molar-refractivity contribution < 1.29 is 31.1 Å². The zero-order valence-electron chi connectivity index (χ0n) is 22.9. The van der Waals surface area contributed by atoms with Gasteiger partial charge < -0.3 is 15.1 Å². The van der Waals surface area contributed by atoms with Crippen LogP contribution in [0.1, 0.15) is 43.7 Å². The molecule has 0 aliphatic carbocycles. The smallest absolute Gasteiger partial charge is 0.382 e. The van der Waals surface area contributed by atoms with Crippen LogP contribution in [0.5, 0.6) is 0 Å². The van der Waals surface area contributed by atoms with Crippen molar-refractivity contribution in [1.82, 2.24) is 14.7 Å². The number of carbonyl (C=O) groups is 1. The highest BCUT2D eigenvalue weighted by atomic mass is 19.4. The number of nitrogens with one attached hydrogen (secondary N) is 1. The van der Waals surface area contributed by atoms with Crippen LogP contribution in [0.25, 0.3) is 0 Å². The average molecular weight is 585 g/mol. The van der Waals surface area contributed by atoms with Crippen molar-refractivity contribution >= 4 is 18.3 Å². The lowest BCUT2D eigenvalue weighted by atomic mass is 10.0. The highest BCUT2D eigenvalue weighted by Crippen LogP contribution is 2.34. The molecular formula is C28H34F6N6O. The Morgan fingerprint density at radius 1 is 1.07 bits per heavy atom. The monoisotopic (exact) mass is 584 g/mol. The van der Waals surface area contributed by atoms with E-state index in [0.717, 1.165) is 25.1 Å². The van der Waals surface area contributed by atoms with Crippen molar-refractivity contribution in [3.63, 3.8) is 0 Å². The Labute approximate surface area is 235 Å². The molecule has 0 bridgehead atoms. The Kier molecular flexibility index (Phi) is 10.8. The van der Waals surface area contributed by atoms with Crippen molar-refractivity contribution in [3.05, 3.63) is 52.9 Å². The molecule has 2 aliphatic heterocycles. The molecule has 1 N–H and O–H groups in total. The maximum atomic E-state index is 13.2. The summed E-state index contributed by atoms with van der Waals surface area (Å²) in [4.78, 5) is 22.5. The van der Waals surface area contributed by atoms with Crippen molar-refractivity contribution in [3.8, 4) is 6.07 Å². The number of allylic oxidation sites excluding steroid dienone is 3. The predicted octanol–water partition coefficient (Wildman–Crippen LogP) is 5.43. The van der Waals surface area contributed by atoms with Gasteiger partial charge >= 0.3 is 12.4 Å². The van der Waals surface area contributed by atoms with Gasteiger partial charge in [0.05, 0.1) is 17.2 Å². The number of halogens is 6. The summed E-state index contributed by atoms with van der Waals surface area (Å²) in [5.41, 5.74) is -1.82. The zero-order valence-corrected chi connectivity index (χ0v) is 22.9. The van der Waals surface area contributed by atoms with Crippen molar-refractivity contribution in [2.75, 3.05) is 51.1 Å². The molecule has 0 radical (unpaired) electrons. The maximum absolute atomic E-state index is 13.2. The van der Waals surface area contributed by atoms with E-state index in [0.29, 0.717) is 83.0 Å². The largest absolute Gasteiger partial charge is 0.417 e. The molecule has 1 amide bonds. The van der Waals surface area contributed by atoms with Gasteiger partial charge in [-0.05, 0) is 63.7 Å². The van der Waals surface area contributed by atoms with Crippen LogP contribution in [-0.4, -0.2) is 85.4 Å². The quantitative estimate of drug-likeness (QED) is 0.238. The van der Waals surface area contributed by atoms with E-state index in [-0.39, 0.29) is 11.9 Å². The molecule has 1 aromatic carbocycles. The van der Waals surface area contributed by atoms with Gasteiger partial charge in [-0.15, -0.1) is 0 Å². The molecule has 2 heterocycles.